The second-order valence-corrected chi connectivity index (χ2v) is 11.2. The molecule has 2 unspecified atom stereocenters. The SMILES string of the molecule is C1CCC2(C1)CCC[N-]C2.Cn1cnc(-c2ccccc2)cc1=O.O=C(O)C1CCN(O)C(c2ccccc2)C1.[Y]. The van der Waals surface area contributed by atoms with Gasteiger partial charge >= 0.3 is 5.97 Å². The van der Waals surface area contributed by atoms with Gasteiger partial charge in [-0.1, -0.05) is 86.3 Å². The summed E-state index contributed by atoms with van der Waals surface area (Å²) in [4.78, 5) is 26.4. The van der Waals surface area contributed by atoms with Crippen molar-refractivity contribution in [3.05, 3.63) is 94.3 Å². The van der Waals surface area contributed by atoms with E-state index in [1.54, 1.807) is 7.05 Å². The van der Waals surface area contributed by atoms with Crippen LogP contribution in [-0.4, -0.2) is 50.5 Å². The topological polar surface area (TPSA) is 110 Å². The third kappa shape index (κ3) is 9.65. The molecule has 2 aliphatic heterocycles. The Morgan fingerprint density at radius 2 is 1.63 bits per heavy atom. The quantitative estimate of drug-likeness (QED) is 0.362. The second kappa shape index (κ2) is 16.4. The van der Waals surface area contributed by atoms with E-state index in [9.17, 15) is 14.8 Å². The minimum Gasteiger partial charge on any atom is -0.662 e. The van der Waals surface area contributed by atoms with Crippen molar-refractivity contribution in [2.24, 2.45) is 18.4 Å². The van der Waals surface area contributed by atoms with Crippen LogP contribution in [0.1, 0.15) is 63.0 Å². The van der Waals surface area contributed by atoms with E-state index in [1.165, 1.54) is 67.1 Å². The average molecular weight is 635 g/mol. The Morgan fingerprint density at radius 1 is 1.00 bits per heavy atom. The Morgan fingerprint density at radius 3 is 2.22 bits per heavy atom. The molecule has 217 valence electrons. The average Bonchev–Trinajstić information content (AvgIpc) is 3.44. The van der Waals surface area contributed by atoms with Crippen LogP contribution in [0, 0.1) is 11.3 Å². The van der Waals surface area contributed by atoms with Crippen LogP contribution in [0.4, 0.5) is 0 Å². The first-order valence-electron chi connectivity index (χ1n) is 14.3. The van der Waals surface area contributed by atoms with Crippen molar-refractivity contribution in [1.82, 2.24) is 14.6 Å². The van der Waals surface area contributed by atoms with Crippen LogP contribution in [0.2, 0.25) is 0 Å². The third-order valence-electron chi connectivity index (χ3n) is 8.29. The first-order chi connectivity index (χ1) is 19.4. The van der Waals surface area contributed by atoms with Gasteiger partial charge in [0.1, 0.15) is 0 Å². The smallest absolute Gasteiger partial charge is 0.306 e. The van der Waals surface area contributed by atoms with Crippen LogP contribution >= 0.6 is 0 Å². The number of aromatic nitrogens is 2. The summed E-state index contributed by atoms with van der Waals surface area (Å²) in [6.07, 6.45) is 11.2. The molecule has 2 aromatic carbocycles. The standard InChI is InChI=1S/C12H15NO3.C11H10N2O.C9H16N.Y/c14-12(15)10-6-7-13(16)11(8-10)9-4-2-1-3-5-9;1-13-8-12-10(7-11(13)14)9-5-3-2-4-6-9;1-2-5-9(4-1)6-3-7-10-8-9;/h1-5,10-11,16H,6-8H2,(H,14,15);2-8H,1H3;1-8H2;/q;;-1;. The number of benzene rings is 2. The summed E-state index contributed by atoms with van der Waals surface area (Å²) in [5.41, 5.74) is 3.31. The van der Waals surface area contributed by atoms with Crippen molar-refractivity contribution in [1.29, 1.82) is 0 Å². The van der Waals surface area contributed by atoms with Gasteiger partial charge in [-0.25, -0.2) is 4.98 Å². The molecule has 2 saturated heterocycles. The van der Waals surface area contributed by atoms with Crippen molar-refractivity contribution in [2.45, 2.75) is 57.4 Å². The van der Waals surface area contributed by atoms with Gasteiger partial charge in [0, 0.05) is 57.9 Å². The van der Waals surface area contributed by atoms with Crippen molar-refractivity contribution < 1.29 is 47.8 Å². The number of hydrogen-bond donors (Lipinski definition) is 2. The fourth-order valence-corrected chi connectivity index (χ4v) is 5.88. The van der Waals surface area contributed by atoms with Crippen molar-refractivity contribution in [3.8, 4) is 11.3 Å². The van der Waals surface area contributed by atoms with Crippen LogP contribution in [0.25, 0.3) is 16.6 Å². The van der Waals surface area contributed by atoms with Gasteiger partial charge in [-0.2, -0.15) is 5.06 Å². The summed E-state index contributed by atoms with van der Waals surface area (Å²) < 4.78 is 1.45. The van der Waals surface area contributed by atoms with E-state index < -0.39 is 5.97 Å². The van der Waals surface area contributed by atoms with E-state index in [2.05, 4.69) is 10.3 Å². The Kier molecular flexibility index (Phi) is 13.3. The number of hydroxylamine groups is 2. The number of carboxylic acids is 1. The van der Waals surface area contributed by atoms with E-state index in [1.807, 2.05) is 60.7 Å². The molecular weight excluding hydrogens is 593 g/mol. The first kappa shape index (κ1) is 33.3. The number of rotatable bonds is 3. The Balaban J connectivity index is 0.000000171. The summed E-state index contributed by atoms with van der Waals surface area (Å²) in [7, 11) is 1.68. The molecule has 1 saturated carbocycles. The fraction of sp³-hybridized carbons (Fsp3) is 0.469. The van der Waals surface area contributed by atoms with Gasteiger partial charge in [-0.05, 0) is 36.7 Å². The molecule has 9 heteroatoms. The van der Waals surface area contributed by atoms with Gasteiger partial charge in [0.05, 0.1) is 24.0 Å². The molecule has 41 heavy (non-hydrogen) atoms. The zero-order valence-corrected chi connectivity index (χ0v) is 26.8. The molecule has 3 aromatic rings. The zero-order valence-electron chi connectivity index (χ0n) is 23.9. The first-order valence-corrected chi connectivity index (χ1v) is 14.3. The fourth-order valence-electron chi connectivity index (χ4n) is 5.88. The van der Waals surface area contributed by atoms with E-state index in [0.717, 1.165) is 17.7 Å². The minimum atomic E-state index is -0.769. The monoisotopic (exact) mass is 634 g/mol. The predicted molar refractivity (Wildman–Crippen MR) is 156 cm³/mol. The van der Waals surface area contributed by atoms with Crippen molar-refractivity contribution >= 4 is 5.97 Å². The zero-order chi connectivity index (χ0) is 28.4. The molecule has 1 aromatic heterocycles. The van der Waals surface area contributed by atoms with Gasteiger partial charge in [0.2, 0.25) is 0 Å². The van der Waals surface area contributed by atoms with Crippen LogP contribution < -0.4 is 5.56 Å². The number of piperidine rings is 2. The molecule has 3 aliphatic rings. The summed E-state index contributed by atoms with van der Waals surface area (Å²) in [6, 6.07) is 20.5. The van der Waals surface area contributed by atoms with Crippen LogP contribution in [0.15, 0.2) is 77.9 Å². The number of carbonyl (C=O) groups is 1. The maximum absolute atomic E-state index is 11.3. The Bertz CT molecular complexity index is 1260. The van der Waals surface area contributed by atoms with Crippen LogP contribution in [-0.2, 0) is 44.6 Å². The summed E-state index contributed by atoms with van der Waals surface area (Å²) >= 11 is 0. The molecule has 3 heterocycles. The van der Waals surface area contributed by atoms with Gasteiger partial charge in [-0.15, -0.1) is 13.1 Å². The Labute approximate surface area is 268 Å². The van der Waals surface area contributed by atoms with Crippen molar-refractivity contribution in [3.63, 3.8) is 0 Å². The van der Waals surface area contributed by atoms with E-state index in [4.69, 9.17) is 5.11 Å². The second-order valence-electron chi connectivity index (χ2n) is 11.2. The van der Waals surface area contributed by atoms with E-state index in [-0.39, 0.29) is 50.2 Å². The van der Waals surface area contributed by atoms with E-state index >= 15 is 0 Å². The molecule has 8 nitrogen and oxygen atoms in total. The van der Waals surface area contributed by atoms with Gasteiger partial charge < -0.3 is 20.2 Å². The maximum Gasteiger partial charge on any atom is 0.306 e. The number of nitrogens with zero attached hydrogens (tertiary/aromatic N) is 4. The molecule has 2 N–H and O–H groups in total. The summed E-state index contributed by atoms with van der Waals surface area (Å²) in [5, 5.41) is 24.5. The maximum atomic E-state index is 11.3. The molecular formula is C32H41N4O4Y-. The van der Waals surface area contributed by atoms with Gasteiger partial charge in [-0.3, -0.25) is 9.59 Å². The number of aliphatic carboxylic acids is 1. The molecule has 0 amide bonds. The van der Waals surface area contributed by atoms with Crippen LogP contribution in [0.5, 0.6) is 0 Å². The normalized spacial score (nSPS) is 21.4. The number of carboxylic acid groups (broad SMARTS) is 1. The molecule has 3 fully saturated rings. The van der Waals surface area contributed by atoms with Crippen molar-refractivity contribution in [2.75, 3.05) is 19.6 Å². The number of aryl methyl sites for hydroxylation is 1. The predicted octanol–water partition coefficient (Wildman–Crippen LogP) is 6.07. The minimum absolute atomic E-state index is 0. The van der Waals surface area contributed by atoms with Gasteiger partial charge in [0.25, 0.3) is 5.56 Å². The summed E-state index contributed by atoms with van der Waals surface area (Å²) in [5.74, 6) is -1.12. The molecule has 0 bridgehead atoms. The summed E-state index contributed by atoms with van der Waals surface area (Å²) in [6.45, 7) is 2.74. The molecule has 1 spiro atoms. The third-order valence-corrected chi connectivity index (χ3v) is 8.29. The van der Waals surface area contributed by atoms with Gasteiger partial charge in [0.15, 0.2) is 0 Å². The van der Waals surface area contributed by atoms with E-state index in [0.29, 0.717) is 30.5 Å². The largest absolute Gasteiger partial charge is 0.662 e. The number of hydrogen-bond acceptors (Lipinski definition) is 5. The molecule has 2 atom stereocenters. The Hall–Kier alpha value is -2.23. The van der Waals surface area contributed by atoms with Crippen LogP contribution in [0.3, 0.4) is 0 Å². The molecule has 6 rings (SSSR count). The molecule has 1 aliphatic carbocycles. The molecule has 1 radical (unpaired) electrons.